The molecule has 4 N–H and O–H groups in total. The van der Waals surface area contributed by atoms with Crippen molar-refractivity contribution >= 4 is 5.69 Å². The zero-order valence-corrected chi connectivity index (χ0v) is 7.12. The number of aromatic hydroxyl groups is 1. The molecule has 0 radical (unpaired) electrons. The molecule has 3 nitrogen and oxygen atoms in total. The van der Waals surface area contributed by atoms with Crippen LogP contribution in [0.4, 0.5) is 5.69 Å². The molecule has 12 heavy (non-hydrogen) atoms. The van der Waals surface area contributed by atoms with Crippen molar-refractivity contribution in [3.05, 3.63) is 24.3 Å². The summed E-state index contributed by atoms with van der Waals surface area (Å²) < 4.78 is 0. The van der Waals surface area contributed by atoms with E-state index in [9.17, 15) is 0 Å². The van der Waals surface area contributed by atoms with E-state index in [0.29, 0.717) is 6.54 Å². The van der Waals surface area contributed by atoms with Crippen LogP contribution in [0.25, 0.3) is 0 Å². The Balaban J connectivity index is 2.52. The lowest BCUT2D eigenvalue weighted by molar-refractivity contribution is 0.475. The lowest BCUT2D eigenvalue weighted by atomic mass is 10.3. The van der Waals surface area contributed by atoms with Crippen LogP contribution in [0, 0.1) is 0 Å². The molecule has 0 spiro atoms. The summed E-state index contributed by atoms with van der Waals surface area (Å²) >= 11 is 0. The molecule has 0 heterocycles. The quantitative estimate of drug-likeness (QED) is 0.631. The summed E-state index contributed by atoms with van der Waals surface area (Å²) in [7, 11) is 0. The van der Waals surface area contributed by atoms with Crippen LogP contribution in [0.1, 0.15) is 6.92 Å². The number of hydrogen-bond donors (Lipinski definition) is 3. The minimum absolute atomic E-state index is 0.118. The predicted octanol–water partition coefficient (Wildman–Crippen LogP) is 1.15. The Morgan fingerprint density at radius 1 is 1.58 bits per heavy atom. The average molecular weight is 166 g/mol. The highest BCUT2D eigenvalue weighted by molar-refractivity contribution is 5.47. The average Bonchev–Trinajstić information content (AvgIpc) is 2.01. The molecule has 0 aliphatic heterocycles. The van der Waals surface area contributed by atoms with Crippen molar-refractivity contribution < 1.29 is 5.11 Å². The Hall–Kier alpha value is -1.22. The molecule has 0 amide bonds. The molecule has 0 aliphatic rings. The standard InChI is InChI=1S/C9H14N2O/c1-7(10)6-11-8-3-2-4-9(12)5-8/h2-5,7,11-12H,6,10H2,1H3. The molecule has 1 unspecified atom stereocenters. The van der Waals surface area contributed by atoms with Crippen molar-refractivity contribution in [3.63, 3.8) is 0 Å². The third-order valence-corrected chi connectivity index (χ3v) is 1.47. The molecule has 1 atom stereocenters. The zero-order valence-electron chi connectivity index (χ0n) is 7.12. The lowest BCUT2D eigenvalue weighted by Gasteiger charge is -2.08. The van der Waals surface area contributed by atoms with Gasteiger partial charge in [-0.1, -0.05) is 6.07 Å². The summed E-state index contributed by atoms with van der Waals surface area (Å²) in [6, 6.07) is 7.10. The van der Waals surface area contributed by atoms with Gasteiger partial charge in [-0.25, -0.2) is 0 Å². The van der Waals surface area contributed by atoms with Crippen LogP contribution in [-0.2, 0) is 0 Å². The molecule has 3 heteroatoms. The Kier molecular flexibility index (Phi) is 2.94. The topological polar surface area (TPSA) is 58.3 Å². The van der Waals surface area contributed by atoms with Crippen molar-refractivity contribution in [1.29, 1.82) is 0 Å². The van der Waals surface area contributed by atoms with Gasteiger partial charge < -0.3 is 16.2 Å². The maximum Gasteiger partial charge on any atom is 0.117 e. The monoisotopic (exact) mass is 166 g/mol. The second-order valence-corrected chi connectivity index (χ2v) is 2.91. The third-order valence-electron chi connectivity index (χ3n) is 1.47. The SMILES string of the molecule is CC(N)CNc1cccc(O)c1. The number of rotatable bonds is 3. The Morgan fingerprint density at radius 3 is 2.92 bits per heavy atom. The number of anilines is 1. The maximum absolute atomic E-state index is 9.11. The predicted molar refractivity (Wildman–Crippen MR) is 50.2 cm³/mol. The molecule has 1 aromatic rings. The van der Waals surface area contributed by atoms with E-state index in [2.05, 4.69) is 5.32 Å². The summed E-state index contributed by atoms with van der Waals surface area (Å²) in [6.45, 7) is 2.64. The van der Waals surface area contributed by atoms with E-state index in [1.54, 1.807) is 18.2 Å². The van der Waals surface area contributed by atoms with E-state index in [0.717, 1.165) is 5.69 Å². The first-order chi connectivity index (χ1) is 5.68. The molecule has 0 saturated heterocycles. The summed E-state index contributed by atoms with van der Waals surface area (Å²) in [5.41, 5.74) is 6.45. The van der Waals surface area contributed by atoms with Crippen LogP contribution in [-0.4, -0.2) is 17.7 Å². The molecule has 0 aliphatic carbocycles. The van der Waals surface area contributed by atoms with Gasteiger partial charge >= 0.3 is 0 Å². The van der Waals surface area contributed by atoms with Crippen molar-refractivity contribution in [1.82, 2.24) is 0 Å². The molecule has 0 bridgehead atoms. The van der Waals surface area contributed by atoms with Crippen LogP contribution in [0.5, 0.6) is 5.75 Å². The molecule has 1 rings (SSSR count). The van der Waals surface area contributed by atoms with Gasteiger partial charge in [0.2, 0.25) is 0 Å². The van der Waals surface area contributed by atoms with E-state index >= 15 is 0 Å². The summed E-state index contributed by atoms with van der Waals surface area (Å²) in [6.07, 6.45) is 0. The molecule has 66 valence electrons. The van der Waals surface area contributed by atoms with E-state index in [4.69, 9.17) is 10.8 Å². The van der Waals surface area contributed by atoms with Crippen LogP contribution in [0.3, 0.4) is 0 Å². The van der Waals surface area contributed by atoms with Gasteiger partial charge in [-0.3, -0.25) is 0 Å². The summed E-state index contributed by atoms with van der Waals surface area (Å²) in [5, 5.41) is 12.2. The second kappa shape index (κ2) is 3.97. The third kappa shape index (κ3) is 2.80. The highest BCUT2D eigenvalue weighted by Crippen LogP contribution is 2.14. The van der Waals surface area contributed by atoms with Gasteiger partial charge in [0, 0.05) is 24.3 Å². The normalized spacial score (nSPS) is 12.5. The summed E-state index contributed by atoms with van der Waals surface area (Å²) in [5.74, 6) is 0.268. The fraction of sp³-hybridized carbons (Fsp3) is 0.333. The molecular formula is C9H14N2O. The van der Waals surface area contributed by atoms with E-state index in [1.165, 1.54) is 0 Å². The van der Waals surface area contributed by atoms with E-state index in [1.807, 2.05) is 13.0 Å². The van der Waals surface area contributed by atoms with Gasteiger partial charge in [0.25, 0.3) is 0 Å². The first-order valence-corrected chi connectivity index (χ1v) is 3.97. The number of phenols is 1. The van der Waals surface area contributed by atoms with Crippen LogP contribution in [0.15, 0.2) is 24.3 Å². The molecule has 0 aromatic heterocycles. The van der Waals surface area contributed by atoms with Gasteiger partial charge in [-0.15, -0.1) is 0 Å². The van der Waals surface area contributed by atoms with Gasteiger partial charge in [-0.05, 0) is 19.1 Å². The van der Waals surface area contributed by atoms with E-state index in [-0.39, 0.29) is 11.8 Å². The van der Waals surface area contributed by atoms with E-state index < -0.39 is 0 Å². The minimum atomic E-state index is 0.118. The fourth-order valence-corrected chi connectivity index (χ4v) is 0.895. The smallest absolute Gasteiger partial charge is 0.117 e. The number of hydrogen-bond acceptors (Lipinski definition) is 3. The fourth-order valence-electron chi connectivity index (χ4n) is 0.895. The van der Waals surface area contributed by atoms with Gasteiger partial charge in [0.05, 0.1) is 0 Å². The van der Waals surface area contributed by atoms with Crippen LogP contribution in [0.2, 0.25) is 0 Å². The number of phenolic OH excluding ortho intramolecular Hbond substituents is 1. The van der Waals surface area contributed by atoms with Crippen molar-refractivity contribution in [3.8, 4) is 5.75 Å². The van der Waals surface area contributed by atoms with Crippen LogP contribution < -0.4 is 11.1 Å². The van der Waals surface area contributed by atoms with Gasteiger partial charge in [0.15, 0.2) is 0 Å². The lowest BCUT2D eigenvalue weighted by Crippen LogP contribution is -2.25. The summed E-state index contributed by atoms with van der Waals surface area (Å²) in [4.78, 5) is 0. The minimum Gasteiger partial charge on any atom is -0.508 e. The van der Waals surface area contributed by atoms with Crippen LogP contribution >= 0.6 is 0 Å². The molecular weight excluding hydrogens is 152 g/mol. The number of nitrogens with one attached hydrogen (secondary N) is 1. The Labute approximate surface area is 72.2 Å². The molecule has 0 saturated carbocycles. The highest BCUT2D eigenvalue weighted by atomic mass is 16.3. The molecule has 0 fully saturated rings. The highest BCUT2D eigenvalue weighted by Gasteiger charge is 1.95. The van der Waals surface area contributed by atoms with Crippen molar-refractivity contribution in [2.75, 3.05) is 11.9 Å². The Bertz CT molecular complexity index is 248. The first kappa shape index (κ1) is 8.87. The zero-order chi connectivity index (χ0) is 8.97. The second-order valence-electron chi connectivity index (χ2n) is 2.91. The Morgan fingerprint density at radius 2 is 2.33 bits per heavy atom. The first-order valence-electron chi connectivity index (χ1n) is 3.97. The number of nitrogens with two attached hydrogens (primary N) is 1. The molecule has 1 aromatic carbocycles. The van der Waals surface area contributed by atoms with Crippen molar-refractivity contribution in [2.24, 2.45) is 5.73 Å². The number of benzene rings is 1. The maximum atomic E-state index is 9.11. The largest absolute Gasteiger partial charge is 0.508 e. The van der Waals surface area contributed by atoms with Gasteiger partial charge in [-0.2, -0.15) is 0 Å². The van der Waals surface area contributed by atoms with Gasteiger partial charge in [0.1, 0.15) is 5.75 Å². The van der Waals surface area contributed by atoms with Crippen molar-refractivity contribution in [2.45, 2.75) is 13.0 Å².